The van der Waals surface area contributed by atoms with Crippen molar-refractivity contribution in [2.75, 3.05) is 21.3 Å². The van der Waals surface area contributed by atoms with Crippen LogP contribution in [0.25, 0.3) is 10.9 Å². The molecule has 26 heavy (non-hydrogen) atoms. The third-order valence-electron chi connectivity index (χ3n) is 4.63. The highest BCUT2D eigenvalue weighted by atomic mass is 16.6. The molecule has 0 spiro atoms. The Labute approximate surface area is 151 Å². The molecule has 6 nitrogen and oxygen atoms in total. The molecule has 1 unspecified atom stereocenters. The first-order chi connectivity index (χ1) is 12.7. The van der Waals surface area contributed by atoms with Crippen molar-refractivity contribution < 1.29 is 19.0 Å². The molecule has 0 saturated heterocycles. The van der Waals surface area contributed by atoms with E-state index in [9.17, 15) is 0 Å². The predicted molar refractivity (Wildman–Crippen MR) is 99.4 cm³/mol. The molecular formula is C20H20N2O4. The summed E-state index contributed by atoms with van der Waals surface area (Å²) in [6.07, 6.45) is 2.53. The molecule has 0 amide bonds. The van der Waals surface area contributed by atoms with Gasteiger partial charge in [-0.3, -0.25) is 0 Å². The Bertz CT molecular complexity index is 952. The van der Waals surface area contributed by atoms with Gasteiger partial charge < -0.3 is 24.0 Å². The first-order valence-corrected chi connectivity index (χ1v) is 8.34. The average molecular weight is 352 g/mol. The Hall–Kier alpha value is -3.15. The second-order valence-electron chi connectivity index (χ2n) is 6.04. The summed E-state index contributed by atoms with van der Waals surface area (Å²) in [5, 5.41) is 5.46. The molecule has 0 radical (unpaired) electrons. The van der Waals surface area contributed by atoms with Crippen molar-refractivity contribution in [3.05, 3.63) is 53.7 Å². The van der Waals surface area contributed by atoms with E-state index in [2.05, 4.69) is 22.3 Å². The summed E-state index contributed by atoms with van der Waals surface area (Å²) < 4.78 is 16.2. The molecule has 1 aromatic heterocycles. The lowest BCUT2D eigenvalue weighted by Crippen LogP contribution is -2.03. The molecule has 1 atom stereocenters. The first kappa shape index (κ1) is 16.3. The number of methoxy groups -OCH3 is 3. The van der Waals surface area contributed by atoms with Gasteiger partial charge in [-0.05, 0) is 18.2 Å². The number of rotatable bonds is 5. The van der Waals surface area contributed by atoms with Crippen molar-refractivity contribution in [2.45, 2.75) is 12.5 Å². The molecule has 0 bridgehead atoms. The number of hydrogen-bond acceptors (Lipinski definition) is 5. The first-order valence-electron chi connectivity index (χ1n) is 8.34. The molecule has 2 heterocycles. The molecule has 2 aromatic carbocycles. The van der Waals surface area contributed by atoms with Crippen molar-refractivity contribution >= 4 is 16.6 Å². The minimum absolute atomic E-state index is 0.125. The zero-order valence-electron chi connectivity index (χ0n) is 14.9. The van der Waals surface area contributed by atoms with Gasteiger partial charge >= 0.3 is 0 Å². The normalized spacial score (nSPS) is 16.3. The van der Waals surface area contributed by atoms with Gasteiger partial charge in [-0.1, -0.05) is 23.4 Å². The van der Waals surface area contributed by atoms with Crippen LogP contribution in [0.5, 0.6) is 17.2 Å². The van der Waals surface area contributed by atoms with Crippen LogP contribution in [0.2, 0.25) is 0 Å². The Kier molecular flexibility index (Phi) is 4.16. The second-order valence-corrected chi connectivity index (χ2v) is 6.04. The van der Waals surface area contributed by atoms with Gasteiger partial charge in [0.2, 0.25) is 5.75 Å². The molecular weight excluding hydrogens is 332 g/mol. The van der Waals surface area contributed by atoms with E-state index >= 15 is 0 Å². The Morgan fingerprint density at radius 2 is 1.77 bits per heavy atom. The Balaban J connectivity index is 1.64. The van der Waals surface area contributed by atoms with E-state index in [4.69, 9.17) is 19.0 Å². The number of H-pyrrole nitrogens is 1. The number of aromatic nitrogens is 1. The maximum atomic E-state index is 5.73. The number of oxime groups is 1. The summed E-state index contributed by atoms with van der Waals surface area (Å²) in [6.45, 7) is 0. The summed E-state index contributed by atoms with van der Waals surface area (Å²) in [6, 6.07) is 11.9. The molecule has 6 heteroatoms. The van der Waals surface area contributed by atoms with Crippen LogP contribution in [0.15, 0.2) is 47.8 Å². The van der Waals surface area contributed by atoms with Crippen molar-refractivity contribution in [3.8, 4) is 17.2 Å². The Morgan fingerprint density at radius 1 is 1.04 bits per heavy atom. The number of benzene rings is 2. The average Bonchev–Trinajstić information content (AvgIpc) is 3.33. The second kappa shape index (κ2) is 6.63. The molecule has 3 aromatic rings. The summed E-state index contributed by atoms with van der Waals surface area (Å²) in [7, 11) is 4.79. The van der Waals surface area contributed by atoms with Crippen LogP contribution in [0.3, 0.4) is 0 Å². The van der Waals surface area contributed by atoms with E-state index < -0.39 is 0 Å². The van der Waals surface area contributed by atoms with E-state index in [-0.39, 0.29) is 6.10 Å². The zero-order chi connectivity index (χ0) is 18.1. The monoisotopic (exact) mass is 352 g/mol. The minimum Gasteiger partial charge on any atom is -0.493 e. The fourth-order valence-electron chi connectivity index (χ4n) is 3.32. The van der Waals surface area contributed by atoms with Crippen molar-refractivity contribution in [1.29, 1.82) is 0 Å². The van der Waals surface area contributed by atoms with Gasteiger partial charge in [0.05, 0.1) is 27.0 Å². The zero-order valence-corrected chi connectivity index (χ0v) is 14.9. The number of fused-ring (bicyclic) bond motifs is 1. The third kappa shape index (κ3) is 2.63. The standard InChI is InChI=1S/C20H20N2O4/c1-23-18-8-12(9-19(24-2)20(18)25-3)16-10-17(26-22-16)14-11-21-15-7-5-4-6-13(14)15/h4-9,11,17,21H,10H2,1-3H3. The van der Waals surface area contributed by atoms with E-state index in [1.54, 1.807) is 21.3 Å². The van der Waals surface area contributed by atoms with Crippen LogP contribution in [0, 0.1) is 0 Å². The topological polar surface area (TPSA) is 65.1 Å². The molecule has 134 valence electrons. The van der Waals surface area contributed by atoms with Gasteiger partial charge in [0, 0.05) is 34.6 Å². The van der Waals surface area contributed by atoms with Crippen LogP contribution in [-0.2, 0) is 4.84 Å². The molecule has 1 aliphatic rings. The largest absolute Gasteiger partial charge is 0.493 e. The molecule has 0 fully saturated rings. The summed E-state index contributed by atoms with van der Waals surface area (Å²) in [4.78, 5) is 9.01. The van der Waals surface area contributed by atoms with Crippen molar-refractivity contribution in [1.82, 2.24) is 4.98 Å². The van der Waals surface area contributed by atoms with Crippen LogP contribution < -0.4 is 14.2 Å². The van der Waals surface area contributed by atoms with Crippen LogP contribution >= 0.6 is 0 Å². The number of ether oxygens (including phenoxy) is 3. The molecule has 1 aliphatic heterocycles. The lowest BCUT2D eigenvalue weighted by molar-refractivity contribution is 0.0868. The predicted octanol–water partition coefficient (Wildman–Crippen LogP) is 4.06. The van der Waals surface area contributed by atoms with E-state index in [1.165, 1.54) is 0 Å². The lowest BCUT2D eigenvalue weighted by Gasteiger charge is -2.13. The van der Waals surface area contributed by atoms with Crippen LogP contribution in [0.4, 0.5) is 0 Å². The van der Waals surface area contributed by atoms with E-state index in [0.29, 0.717) is 23.7 Å². The van der Waals surface area contributed by atoms with Gasteiger partial charge in [0.1, 0.15) is 0 Å². The van der Waals surface area contributed by atoms with E-state index in [1.807, 2.05) is 30.5 Å². The number of aromatic amines is 1. The molecule has 4 rings (SSSR count). The van der Waals surface area contributed by atoms with Gasteiger partial charge in [0.25, 0.3) is 0 Å². The fourth-order valence-corrected chi connectivity index (χ4v) is 3.32. The summed E-state index contributed by atoms with van der Waals surface area (Å²) >= 11 is 0. The van der Waals surface area contributed by atoms with Crippen molar-refractivity contribution in [2.24, 2.45) is 5.16 Å². The lowest BCUT2D eigenvalue weighted by atomic mass is 9.99. The summed E-state index contributed by atoms with van der Waals surface area (Å²) in [5.74, 6) is 1.76. The highest BCUT2D eigenvalue weighted by molar-refractivity contribution is 6.02. The number of nitrogens with zero attached hydrogens (tertiary/aromatic N) is 1. The number of para-hydroxylation sites is 1. The highest BCUT2D eigenvalue weighted by Gasteiger charge is 2.27. The maximum Gasteiger partial charge on any atom is 0.203 e. The fraction of sp³-hybridized carbons (Fsp3) is 0.250. The smallest absolute Gasteiger partial charge is 0.203 e. The minimum atomic E-state index is -0.125. The van der Waals surface area contributed by atoms with Gasteiger partial charge in [-0.15, -0.1) is 0 Å². The van der Waals surface area contributed by atoms with Crippen LogP contribution in [-0.4, -0.2) is 32.0 Å². The SMILES string of the molecule is COc1cc(C2=NOC(c3c[nH]c4ccccc34)C2)cc(OC)c1OC. The maximum absolute atomic E-state index is 5.73. The quantitative estimate of drug-likeness (QED) is 0.752. The molecule has 0 saturated carbocycles. The third-order valence-corrected chi connectivity index (χ3v) is 4.63. The Morgan fingerprint density at radius 3 is 2.46 bits per heavy atom. The van der Waals surface area contributed by atoms with Crippen molar-refractivity contribution in [3.63, 3.8) is 0 Å². The van der Waals surface area contributed by atoms with E-state index in [0.717, 1.165) is 27.7 Å². The number of nitrogens with one attached hydrogen (secondary N) is 1. The molecule has 0 aliphatic carbocycles. The van der Waals surface area contributed by atoms with Crippen LogP contribution in [0.1, 0.15) is 23.7 Å². The molecule has 1 N–H and O–H groups in total. The highest BCUT2D eigenvalue weighted by Crippen LogP contribution is 2.40. The van der Waals surface area contributed by atoms with Gasteiger partial charge in [-0.2, -0.15) is 0 Å². The van der Waals surface area contributed by atoms with Gasteiger partial charge in [-0.25, -0.2) is 0 Å². The summed E-state index contributed by atoms with van der Waals surface area (Å²) in [5.41, 5.74) is 3.93. The number of hydrogen-bond donors (Lipinski definition) is 1. The van der Waals surface area contributed by atoms with Gasteiger partial charge in [0.15, 0.2) is 17.6 Å².